The van der Waals surface area contributed by atoms with Crippen molar-refractivity contribution in [3.05, 3.63) is 65.2 Å². The van der Waals surface area contributed by atoms with Crippen molar-refractivity contribution >= 4 is 11.6 Å². The summed E-state index contributed by atoms with van der Waals surface area (Å²) in [5.74, 6) is -1.17. The van der Waals surface area contributed by atoms with Gasteiger partial charge < -0.3 is 4.90 Å². The summed E-state index contributed by atoms with van der Waals surface area (Å²) in [7, 11) is 0. The van der Waals surface area contributed by atoms with E-state index in [1.54, 1.807) is 4.90 Å². The van der Waals surface area contributed by atoms with Gasteiger partial charge in [0.1, 0.15) is 11.6 Å². The van der Waals surface area contributed by atoms with Crippen molar-refractivity contribution in [1.82, 2.24) is 4.90 Å². The van der Waals surface area contributed by atoms with Crippen LogP contribution < -0.4 is 4.90 Å². The maximum atomic E-state index is 13.9. The molecule has 1 aliphatic rings. The summed E-state index contributed by atoms with van der Waals surface area (Å²) in [5.41, 5.74) is 2.53. The van der Waals surface area contributed by atoms with Crippen molar-refractivity contribution in [3.8, 4) is 0 Å². The van der Waals surface area contributed by atoms with Gasteiger partial charge in [-0.2, -0.15) is 0 Å². The molecule has 5 heteroatoms. The van der Waals surface area contributed by atoms with E-state index in [-0.39, 0.29) is 11.9 Å². The lowest BCUT2D eigenvalue weighted by molar-refractivity contribution is -0.125. The molecule has 0 spiro atoms. The number of nitrogens with zero attached hydrogens (tertiary/aromatic N) is 2. The quantitative estimate of drug-likeness (QED) is 0.843. The molecule has 3 nitrogen and oxygen atoms in total. The molecule has 1 atom stereocenters. The highest BCUT2D eigenvalue weighted by molar-refractivity contribution is 5.97. The zero-order chi connectivity index (χ0) is 18.0. The maximum Gasteiger partial charge on any atom is 0.244 e. The van der Waals surface area contributed by atoms with Crippen molar-refractivity contribution < 1.29 is 13.6 Å². The molecule has 0 N–H and O–H groups in total. The Balaban J connectivity index is 1.72. The van der Waals surface area contributed by atoms with Crippen LogP contribution in [0.25, 0.3) is 0 Å². The molecular formula is C20H22F2N2O. The number of carbonyl (C=O) groups is 1. The molecule has 1 fully saturated rings. The first-order valence-electron chi connectivity index (χ1n) is 8.58. The lowest BCUT2D eigenvalue weighted by Crippen LogP contribution is -2.55. The van der Waals surface area contributed by atoms with E-state index in [9.17, 15) is 13.6 Å². The number of piperazine rings is 1. The molecule has 132 valence electrons. The van der Waals surface area contributed by atoms with Crippen LogP contribution in [0.15, 0.2) is 42.5 Å². The molecular weight excluding hydrogens is 322 g/mol. The SMILES string of the molecule is CCc1ccc(N2CCN(Cc3ccc(F)cc3F)[C@@H](C)C2=O)cc1. The Morgan fingerprint density at radius 2 is 1.80 bits per heavy atom. The van der Waals surface area contributed by atoms with Crippen LogP contribution in [0.2, 0.25) is 0 Å². The fraction of sp³-hybridized carbons (Fsp3) is 0.350. The second-order valence-electron chi connectivity index (χ2n) is 6.39. The average Bonchev–Trinajstić information content (AvgIpc) is 2.61. The molecule has 1 aliphatic heterocycles. The van der Waals surface area contributed by atoms with E-state index in [1.165, 1.54) is 17.7 Å². The van der Waals surface area contributed by atoms with E-state index in [4.69, 9.17) is 0 Å². The molecule has 0 unspecified atom stereocenters. The van der Waals surface area contributed by atoms with Crippen LogP contribution in [0.4, 0.5) is 14.5 Å². The number of aryl methyl sites for hydroxylation is 1. The number of halogens is 2. The third kappa shape index (κ3) is 3.71. The Morgan fingerprint density at radius 3 is 2.44 bits per heavy atom. The minimum atomic E-state index is -0.592. The number of hydrogen-bond donors (Lipinski definition) is 0. The Hall–Kier alpha value is -2.27. The summed E-state index contributed by atoms with van der Waals surface area (Å²) in [6.07, 6.45) is 0.960. The van der Waals surface area contributed by atoms with Crippen LogP contribution in [-0.2, 0) is 17.8 Å². The van der Waals surface area contributed by atoms with Crippen LogP contribution in [0, 0.1) is 11.6 Å². The molecule has 0 bridgehead atoms. The van der Waals surface area contributed by atoms with Crippen molar-refractivity contribution in [2.75, 3.05) is 18.0 Å². The molecule has 1 saturated heterocycles. The molecule has 1 heterocycles. The van der Waals surface area contributed by atoms with Gasteiger partial charge in [0.2, 0.25) is 5.91 Å². The predicted molar refractivity (Wildman–Crippen MR) is 94.4 cm³/mol. The van der Waals surface area contributed by atoms with Gasteiger partial charge in [0.25, 0.3) is 0 Å². The molecule has 25 heavy (non-hydrogen) atoms. The Kier molecular flexibility index (Phi) is 5.13. The van der Waals surface area contributed by atoms with E-state index < -0.39 is 11.6 Å². The number of rotatable bonds is 4. The van der Waals surface area contributed by atoms with Gasteiger partial charge in [0, 0.05) is 37.0 Å². The van der Waals surface area contributed by atoms with Crippen LogP contribution in [0.3, 0.4) is 0 Å². The first-order chi connectivity index (χ1) is 12.0. The highest BCUT2D eigenvalue weighted by Crippen LogP contribution is 2.23. The van der Waals surface area contributed by atoms with E-state index in [0.717, 1.165) is 18.2 Å². The van der Waals surface area contributed by atoms with Crippen LogP contribution in [0.5, 0.6) is 0 Å². The van der Waals surface area contributed by atoms with Gasteiger partial charge in [-0.05, 0) is 37.1 Å². The lowest BCUT2D eigenvalue weighted by atomic mass is 10.1. The number of carbonyl (C=O) groups excluding carboxylic acids is 1. The lowest BCUT2D eigenvalue weighted by Gasteiger charge is -2.39. The highest BCUT2D eigenvalue weighted by Gasteiger charge is 2.32. The van der Waals surface area contributed by atoms with Gasteiger partial charge in [-0.15, -0.1) is 0 Å². The standard InChI is InChI=1S/C20H22F2N2O/c1-3-15-4-8-18(9-5-15)24-11-10-23(14(2)20(24)25)13-16-6-7-17(21)12-19(16)22/h4-9,12,14H,3,10-11,13H2,1-2H3/t14-/m0/s1. The average molecular weight is 344 g/mol. The van der Waals surface area contributed by atoms with Gasteiger partial charge >= 0.3 is 0 Å². The van der Waals surface area contributed by atoms with Crippen molar-refractivity contribution in [2.45, 2.75) is 32.9 Å². The number of benzene rings is 2. The summed E-state index contributed by atoms with van der Waals surface area (Å²) >= 11 is 0. The largest absolute Gasteiger partial charge is 0.310 e. The highest BCUT2D eigenvalue weighted by atomic mass is 19.1. The molecule has 0 aromatic heterocycles. The van der Waals surface area contributed by atoms with E-state index in [2.05, 4.69) is 6.92 Å². The van der Waals surface area contributed by atoms with Gasteiger partial charge in [0.15, 0.2) is 0 Å². The second kappa shape index (κ2) is 7.31. The minimum absolute atomic E-state index is 0.00183. The first kappa shape index (κ1) is 17.5. The molecule has 3 rings (SSSR count). The Bertz CT molecular complexity index is 761. The summed E-state index contributed by atoms with van der Waals surface area (Å²) in [4.78, 5) is 16.5. The predicted octanol–water partition coefficient (Wildman–Crippen LogP) is 3.76. The zero-order valence-corrected chi connectivity index (χ0v) is 14.5. The van der Waals surface area contributed by atoms with Gasteiger partial charge in [-0.25, -0.2) is 8.78 Å². The summed E-state index contributed by atoms with van der Waals surface area (Å²) in [6, 6.07) is 11.2. The molecule has 0 aliphatic carbocycles. The van der Waals surface area contributed by atoms with E-state index in [1.807, 2.05) is 36.1 Å². The van der Waals surface area contributed by atoms with Crippen LogP contribution in [0.1, 0.15) is 25.0 Å². The third-order valence-electron chi connectivity index (χ3n) is 4.83. The smallest absolute Gasteiger partial charge is 0.244 e. The van der Waals surface area contributed by atoms with Crippen molar-refractivity contribution in [3.63, 3.8) is 0 Å². The number of hydrogen-bond acceptors (Lipinski definition) is 2. The number of anilines is 1. The topological polar surface area (TPSA) is 23.6 Å². The normalized spacial score (nSPS) is 18.6. The zero-order valence-electron chi connectivity index (χ0n) is 14.5. The van der Waals surface area contributed by atoms with Gasteiger partial charge in [-0.1, -0.05) is 25.1 Å². The van der Waals surface area contributed by atoms with Crippen LogP contribution >= 0.6 is 0 Å². The number of amides is 1. The fourth-order valence-electron chi connectivity index (χ4n) is 3.17. The molecule has 0 saturated carbocycles. The summed E-state index contributed by atoms with van der Waals surface area (Å²) < 4.78 is 26.9. The van der Waals surface area contributed by atoms with Gasteiger partial charge in [0.05, 0.1) is 6.04 Å². The van der Waals surface area contributed by atoms with Crippen molar-refractivity contribution in [2.24, 2.45) is 0 Å². The van der Waals surface area contributed by atoms with Gasteiger partial charge in [-0.3, -0.25) is 9.69 Å². The summed E-state index contributed by atoms with van der Waals surface area (Å²) in [6.45, 7) is 5.41. The third-order valence-corrected chi connectivity index (χ3v) is 4.83. The minimum Gasteiger partial charge on any atom is -0.310 e. The van der Waals surface area contributed by atoms with Crippen molar-refractivity contribution in [1.29, 1.82) is 0 Å². The molecule has 2 aromatic carbocycles. The molecule has 2 aromatic rings. The second-order valence-corrected chi connectivity index (χ2v) is 6.39. The fourth-order valence-corrected chi connectivity index (χ4v) is 3.17. The van der Waals surface area contributed by atoms with E-state index in [0.29, 0.717) is 25.2 Å². The molecule has 1 amide bonds. The van der Waals surface area contributed by atoms with Crippen LogP contribution in [-0.4, -0.2) is 29.9 Å². The Labute approximate surface area is 146 Å². The maximum absolute atomic E-state index is 13.9. The molecule has 0 radical (unpaired) electrons. The Morgan fingerprint density at radius 1 is 1.08 bits per heavy atom. The van der Waals surface area contributed by atoms with E-state index >= 15 is 0 Å². The summed E-state index contributed by atoms with van der Waals surface area (Å²) in [5, 5.41) is 0. The first-order valence-corrected chi connectivity index (χ1v) is 8.58. The monoisotopic (exact) mass is 344 g/mol.